The molecule has 0 saturated carbocycles. The van der Waals surface area contributed by atoms with Gasteiger partial charge in [-0.1, -0.05) is 37.3 Å². The highest BCUT2D eigenvalue weighted by Crippen LogP contribution is 2.29. The van der Waals surface area contributed by atoms with Gasteiger partial charge in [-0.05, 0) is 35.4 Å². The maximum absolute atomic E-state index is 12.1. The van der Waals surface area contributed by atoms with Crippen LogP contribution in [0.4, 0.5) is 5.69 Å². The van der Waals surface area contributed by atoms with Crippen molar-refractivity contribution in [3.63, 3.8) is 0 Å². The monoisotopic (exact) mass is 469 g/mol. The maximum atomic E-state index is 12.1. The number of rotatable bonds is 6. The van der Waals surface area contributed by atoms with Crippen molar-refractivity contribution in [2.24, 2.45) is 0 Å². The highest BCUT2D eigenvalue weighted by Gasteiger charge is 2.23. The fourth-order valence-corrected chi connectivity index (χ4v) is 4.61. The van der Waals surface area contributed by atoms with Crippen LogP contribution in [0.2, 0.25) is 0 Å². The number of hydrogen-bond acceptors (Lipinski definition) is 5. The molecule has 0 unspecified atom stereocenters. The van der Waals surface area contributed by atoms with Crippen LogP contribution in [0.25, 0.3) is 28.0 Å². The molecule has 178 valence electrons. The summed E-state index contributed by atoms with van der Waals surface area (Å²) in [6.07, 6.45) is 2.64. The molecular formula is C27H27N5O3. The first-order chi connectivity index (χ1) is 17.0. The number of amides is 1. The van der Waals surface area contributed by atoms with Gasteiger partial charge >= 0.3 is 0 Å². The van der Waals surface area contributed by atoms with E-state index in [1.165, 1.54) is 12.1 Å². The Kier molecular flexibility index (Phi) is 6.29. The largest absolute Gasteiger partial charge is 0.340 e. The topological polar surface area (TPSA) is 84.0 Å². The van der Waals surface area contributed by atoms with E-state index in [2.05, 4.69) is 33.7 Å². The molecular weight excluding hydrogens is 442 g/mol. The highest BCUT2D eigenvalue weighted by molar-refractivity contribution is 5.76. The Morgan fingerprint density at radius 2 is 1.60 bits per heavy atom. The molecule has 0 spiro atoms. The lowest BCUT2D eigenvalue weighted by Gasteiger charge is -2.34. The summed E-state index contributed by atoms with van der Waals surface area (Å²) in [5.41, 5.74) is 5.78. The molecule has 5 rings (SSSR count). The number of nitrogens with zero attached hydrogens (tertiary/aromatic N) is 5. The Morgan fingerprint density at radius 3 is 2.26 bits per heavy atom. The predicted octanol–water partition coefficient (Wildman–Crippen LogP) is 4.63. The molecule has 1 amide bonds. The Bertz CT molecular complexity index is 1360. The Labute approximate surface area is 203 Å². The highest BCUT2D eigenvalue weighted by atomic mass is 16.6. The molecule has 0 aliphatic carbocycles. The van der Waals surface area contributed by atoms with Crippen LogP contribution in [-0.4, -0.2) is 56.2 Å². The first kappa shape index (κ1) is 22.7. The molecule has 1 fully saturated rings. The Morgan fingerprint density at radius 1 is 0.914 bits per heavy atom. The molecule has 8 heteroatoms. The molecule has 1 aliphatic heterocycles. The summed E-state index contributed by atoms with van der Waals surface area (Å²) >= 11 is 0. The second-order valence-corrected chi connectivity index (χ2v) is 8.73. The van der Waals surface area contributed by atoms with Crippen LogP contribution in [0.5, 0.6) is 0 Å². The zero-order valence-electron chi connectivity index (χ0n) is 19.6. The third-order valence-electron chi connectivity index (χ3n) is 6.58. The van der Waals surface area contributed by atoms with E-state index in [0.29, 0.717) is 26.1 Å². The smallest absolute Gasteiger partial charge is 0.269 e. The number of nitro groups is 1. The standard InChI is InChI=1S/C27H27N5O3/c1-2-26(33)30-16-14-29(15-17-30)19-24-27(21-8-11-23(12-9-21)32(34)35)28-25-13-10-22(18-31(24)25)20-6-4-3-5-7-20/h3-13,18H,2,14-17,19H2,1H3. The number of hydrogen-bond donors (Lipinski definition) is 0. The molecule has 2 aromatic heterocycles. The van der Waals surface area contributed by atoms with Crippen LogP contribution >= 0.6 is 0 Å². The Hall–Kier alpha value is -4.04. The van der Waals surface area contributed by atoms with Crippen molar-refractivity contribution in [2.75, 3.05) is 26.2 Å². The van der Waals surface area contributed by atoms with Gasteiger partial charge < -0.3 is 9.30 Å². The van der Waals surface area contributed by atoms with Crippen LogP contribution in [-0.2, 0) is 11.3 Å². The number of piperazine rings is 1. The van der Waals surface area contributed by atoms with E-state index in [4.69, 9.17) is 4.98 Å². The first-order valence-corrected chi connectivity index (χ1v) is 11.8. The lowest BCUT2D eigenvalue weighted by Crippen LogP contribution is -2.48. The van der Waals surface area contributed by atoms with Crippen LogP contribution in [0, 0.1) is 10.1 Å². The summed E-state index contributed by atoms with van der Waals surface area (Å²) in [6.45, 7) is 5.57. The van der Waals surface area contributed by atoms with E-state index in [0.717, 1.165) is 46.8 Å². The van der Waals surface area contributed by atoms with Gasteiger partial charge in [-0.25, -0.2) is 4.98 Å². The molecule has 35 heavy (non-hydrogen) atoms. The lowest BCUT2D eigenvalue weighted by atomic mass is 10.1. The fourth-order valence-electron chi connectivity index (χ4n) is 4.61. The lowest BCUT2D eigenvalue weighted by molar-refractivity contribution is -0.384. The average Bonchev–Trinajstić information content (AvgIpc) is 3.26. The van der Waals surface area contributed by atoms with Gasteiger partial charge in [0.2, 0.25) is 5.91 Å². The maximum Gasteiger partial charge on any atom is 0.269 e. The van der Waals surface area contributed by atoms with Gasteiger partial charge in [0.1, 0.15) is 5.65 Å². The molecule has 0 atom stereocenters. The van der Waals surface area contributed by atoms with Crippen LogP contribution < -0.4 is 0 Å². The third kappa shape index (κ3) is 4.65. The van der Waals surface area contributed by atoms with Crippen molar-refractivity contribution in [2.45, 2.75) is 19.9 Å². The van der Waals surface area contributed by atoms with Crippen LogP contribution in [0.3, 0.4) is 0 Å². The van der Waals surface area contributed by atoms with Crippen LogP contribution in [0.1, 0.15) is 19.0 Å². The third-order valence-corrected chi connectivity index (χ3v) is 6.58. The van der Waals surface area contributed by atoms with E-state index in [9.17, 15) is 14.9 Å². The molecule has 1 saturated heterocycles. The van der Waals surface area contributed by atoms with E-state index < -0.39 is 4.92 Å². The van der Waals surface area contributed by atoms with Gasteiger partial charge in [-0.2, -0.15) is 0 Å². The summed E-state index contributed by atoms with van der Waals surface area (Å²) in [6, 6.07) is 20.9. The molecule has 0 radical (unpaired) electrons. The minimum Gasteiger partial charge on any atom is -0.340 e. The van der Waals surface area contributed by atoms with Gasteiger partial charge in [0.25, 0.3) is 5.69 Å². The van der Waals surface area contributed by atoms with E-state index in [1.54, 1.807) is 12.1 Å². The zero-order chi connectivity index (χ0) is 24.4. The second-order valence-electron chi connectivity index (χ2n) is 8.73. The summed E-state index contributed by atoms with van der Waals surface area (Å²) in [7, 11) is 0. The molecule has 1 aliphatic rings. The number of fused-ring (bicyclic) bond motifs is 1. The fraction of sp³-hybridized carbons (Fsp3) is 0.259. The average molecular weight is 470 g/mol. The first-order valence-electron chi connectivity index (χ1n) is 11.8. The van der Waals surface area contributed by atoms with Crippen molar-refractivity contribution in [3.8, 4) is 22.4 Å². The molecule has 4 aromatic rings. The normalized spacial score (nSPS) is 14.4. The number of non-ortho nitro benzene ring substituents is 1. The minimum absolute atomic E-state index is 0.0575. The van der Waals surface area contributed by atoms with Crippen molar-refractivity contribution >= 4 is 17.2 Å². The van der Waals surface area contributed by atoms with E-state index in [-0.39, 0.29) is 11.6 Å². The molecule has 2 aromatic carbocycles. The summed E-state index contributed by atoms with van der Waals surface area (Å²) < 4.78 is 2.13. The van der Waals surface area contributed by atoms with E-state index >= 15 is 0 Å². The van der Waals surface area contributed by atoms with Gasteiger partial charge in [0.15, 0.2) is 0 Å². The van der Waals surface area contributed by atoms with Crippen LogP contribution in [0.15, 0.2) is 72.9 Å². The van der Waals surface area contributed by atoms with Crippen molar-refractivity contribution < 1.29 is 9.72 Å². The predicted molar refractivity (Wildman–Crippen MR) is 135 cm³/mol. The zero-order valence-corrected chi connectivity index (χ0v) is 19.6. The van der Waals surface area contributed by atoms with Gasteiger partial charge in [0.05, 0.1) is 16.3 Å². The van der Waals surface area contributed by atoms with Gasteiger partial charge in [-0.15, -0.1) is 0 Å². The number of carbonyl (C=O) groups excluding carboxylic acids is 1. The minimum atomic E-state index is -0.391. The Balaban J connectivity index is 1.53. The number of carbonyl (C=O) groups is 1. The molecule has 3 heterocycles. The number of nitro benzene ring substituents is 1. The van der Waals surface area contributed by atoms with Gasteiger partial charge in [0, 0.05) is 63.0 Å². The molecule has 8 nitrogen and oxygen atoms in total. The van der Waals surface area contributed by atoms with Gasteiger partial charge in [-0.3, -0.25) is 19.8 Å². The summed E-state index contributed by atoms with van der Waals surface area (Å²) in [5.74, 6) is 0.193. The SMILES string of the molecule is CCC(=O)N1CCN(Cc2c(-c3ccc([N+](=O)[O-])cc3)nc3ccc(-c4ccccc4)cn23)CC1. The van der Waals surface area contributed by atoms with Crippen molar-refractivity contribution in [1.82, 2.24) is 19.2 Å². The molecule has 0 bridgehead atoms. The molecule has 0 N–H and O–H groups in total. The summed E-state index contributed by atoms with van der Waals surface area (Å²) in [5, 5.41) is 11.1. The van der Waals surface area contributed by atoms with Crippen molar-refractivity contribution in [1.29, 1.82) is 0 Å². The number of imidazole rings is 1. The summed E-state index contributed by atoms with van der Waals surface area (Å²) in [4.78, 5) is 32.0. The quantitative estimate of drug-likeness (QED) is 0.304. The van der Waals surface area contributed by atoms with Crippen molar-refractivity contribution in [3.05, 3.63) is 88.7 Å². The number of benzene rings is 2. The van der Waals surface area contributed by atoms with E-state index in [1.807, 2.05) is 36.1 Å². The number of pyridine rings is 1. The number of aromatic nitrogens is 2. The second kappa shape index (κ2) is 9.68.